The zero-order valence-electron chi connectivity index (χ0n) is 7.24. The predicted octanol–water partition coefficient (Wildman–Crippen LogP) is 2.80. The van der Waals surface area contributed by atoms with Crippen LogP contribution in [0.15, 0.2) is 28.8 Å². The molecule has 2 rings (SSSR count). The highest BCUT2D eigenvalue weighted by atomic mass is 16.3. The standard InChI is InChI=1S/C10H11NO/c1-3-4-8-7-9-10(12-8)5-6-11(9)2/h3-7H,1-2H3/b4-3+. The van der Waals surface area contributed by atoms with Crippen molar-refractivity contribution in [1.29, 1.82) is 0 Å². The monoisotopic (exact) mass is 161 g/mol. The third-order valence-electron chi connectivity index (χ3n) is 1.92. The van der Waals surface area contributed by atoms with E-state index in [1.54, 1.807) is 0 Å². The summed E-state index contributed by atoms with van der Waals surface area (Å²) in [5, 5.41) is 0. The predicted molar refractivity (Wildman–Crippen MR) is 49.9 cm³/mol. The van der Waals surface area contributed by atoms with Gasteiger partial charge in [-0.2, -0.15) is 0 Å². The van der Waals surface area contributed by atoms with Crippen molar-refractivity contribution < 1.29 is 4.42 Å². The van der Waals surface area contributed by atoms with Gasteiger partial charge in [0.1, 0.15) is 5.76 Å². The summed E-state index contributed by atoms with van der Waals surface area (Å²) in [6.45, 7) is 1.98. The first kappa shape index (κ1) is 7.22. The third-order valence-corrected chi connectivity index (χ3v) is 1.92. The lowest BCUT2D eigenvalue weighted by Gasteiger charge is -1.85. The van der Waals surface area contributed by atoms with Gasteiger partial charge in [-0.25, -0.2) is 0 Å². The third kappa shape index (κ3) is 0.961. The fourth-order valence-corrected chi connectivity index (χ4v) is 1.32. The van der Waals surface area contributed by atoms with Gasteiger partial charge in [-0.05, 0) is 19.1 Å². The van der Waals surface area contributed by atoms with Crippen LogP contribution in [-0.2, 0) is 7.05 Å². The van der Waals surface area contributed by atoms with E-state index in [1.165, 1.54) is 0 Å². The summed E-state index contributed by atoms with van der Waals surface area (Å²) in [6, 6.07) is 4.01. The Labute approximate surface area is 71.1 Å². The Morgan fingerprint density at radius 2 is 2.33 bits per heavy atom. The van der Waals surface area contributed by atoms with Crippen LogP contribution in [0.25, 0.3) is 17.2 Å². The summed E-state index contributed by atoms with van der Waals surface area (Å²) >= 11 is 0. The van der Waals surface area contributed by atoms with Crippen LogP contribution in [0, 0.1) is 0 Å². The number of hydrogen-bond donors (Lipinski definition) is 0. The van der Waals surface area contributed by atoms with Crippen molar-refractivity contribution >= 4 is 17.2 Å². The lowest BCUT2D eigenvalue weighted by molar-refractivity contribution is 0.604. The van der Waals surface area contributed by atoms with Crippen LogP contribution in [0.1, 0.15) is 12.7 Å². The van der Waals surface area contributed by atoms with Gasteiger partial charge in [-0.1, -0.05) is 6.08 Å². The smallest absolute Gasteiger partial charge is 0.152 e. The molecule has 62 valence electrons. The topological polar surface area (TPSA) is 18.1 Å². The summed E-state index contributed by atoms with van der Waals surface area (Å²) in [5.41, 5.74) is 2.09. The number of hydrogen-bond acceptors (Lipinski definition) is 1. The minimum atomic E-state index is 0.915. The van der Waals surface area contributed by atoms with Crippen molar-refractivity contribution in [3.05, 3.63) is 30.2 Å². The zero-order valence-corrected chi connectivity index (χ0v) is 7.24. The average molecular weight is 161 g/mol. The van der Waals surface area contributed by atoms with Crippen LogP contribution in [0.5, 0.6) is 0 Å². The van der Waals surface area contributed by atoms with E-state index in [-0.39, 0.29) is 0 Å². The first-order valence-electron chi connectivity index (χ1n) is 3.99. The molecule has 2 heteroatoms. The van der Waals surface area contributed by atoms with Crippen molar-refractivity contribution in [3.63, 3.8) is 0 Å². The van der Waals surface area contributed by atoms with Crippen LogP contribution in [0.4, 0.5) is 0 Å². The fraction of sp³-hybridized carbons (Fsp3) is 0.200. The van der Waals surface area contributed by atoms with Crippen LogP contribution in [0.2, 0.25) is 0 Å². The zero-order chi connectivity index (χ0) is 8.55. The van der Waals surface area contributed by atoms with Crippen LogP contribution in [0.3, 0.4) is 0 Å². The molecule has 0 N–H and O–H groups in total. The molecule has 0 saturated carbocycles. The molecule has 2 nitrogen and oxygen atoms in total. The molecule has 0 aliphatic rings. The largest absolute Gasteiger partial charge is 0.455 e. The molecule has 0 radical (unpaired) electrons. The van der Waals surface area contributed by atoms with Gasteiger partial charge in [0, 0.05) is 19.3 Å². The molecule has 0 aliphatic carbocycles. The van der Waals surface area contributed by atoms with E-state index in [9.17, 15) is 0 Å². The second kappa shape index (κ2) is 2.55. The molecule has 0 unspecified atom stereocenters. The number of allylic oxidation sites excluding steroid dienone is 1. The number of furan rings is 1. The van der Waals surface area contributed by atoms with Gasteiger partial charge in [0.25, 0.3) is 0 Å². The number of fused-ring (bicyclic) bond motifs is 1. The molecule has 2 heterocycles. The van der Waals surface area contributed by atoms with E-state index in [0.717, 1.165) is 16.9 Å². The second-order valence-corrected chi connectivity index (χ2v) is 2.82. The van der Waals surface area contributed by atoms with E-state index < -0.39 is 0 Å². The minimum absolute atomic E-state index is 0.915. The summed E-state index contributed by atoms with van der Waals surface area (Å²) in [5.74, 6) is 0.915. The van der Waals surface area contributed by atoms with Crippen molar-refractivity contribution in [1.82, 2.24) is 4.57 Å². The molecule has 0 bridgehead atoms. The van der Waals surface area contributed by atoms with E-state index in [2.05, 4.69) is 0 Å². The summed E-state index contributed by atoms with van der Waals surface area (Å²) in [7, 11) is 2.01. The van der Waals surface area contributed by atoms with E-state index in [4.69, 9.17) is 4.42 Å². The Morgan fingerprint density at radius 3 is 3.00 bits per heavy atom. The molecule has 0 aliphatic heterocycles. The van der Waals surface area contributed by atoms with Gasteiger partial charge in [-0.15, -0.1) is 0 Å². The van der Waals surface area contributed by atoms with E-state index >= 15 is 0 Å². The van der Waals surface area contributed by atoms with Crippen LogP contribution < -0.4 is 0 Å². The first-order chi connectivity index (χ1) is 5.81. The number of nitrogens with zero attached hydrogens (tertiary/aromatic N) is 1. The molecular formula is C10H11NO. The maximum absolute atomic E-state index is 5.52. The van der Waals surface area contributed by atoms with Crippen molar-refractivity contribution in [2.75, 3.05) is 0 Å². The molecule has 2 aromatic rings. The number of aryl methyl sites for hydroxylation is 1. The Hall–Kier alpha value is -1.44. The molecular weight excluding hydrogens is 150 g/mol. The Kier molecular flexibility index (Phi) is 1.54. The quantitative estimate of drug-likeness (QED) is 0.629. The van der Waals surface area contributed by atoms with Crippen molar-refractivity contribution in [2.45, 2.75) is 6.92 Å². The molecule has 0 atom stereocenters. The molecule has 0 spiro atoms. The fourth-order valence-electron chi connectivity index (χ4n) is 1.32. The van der Waals surface area contributed by atoms with E-state index in [1.807, 2.05) is 49.0 Å². The molecule has 0 aromatic carbocycles. The Balaban J connectivity index is 2.62. The first-order valence-corrected chi connectivity index (χ1v) is 3.99. The van der Waals surface area contributed by atoms with Gasteiger partial charge in [0.05, 0.1) is 5.52 Å². The molecule has 0 saturated heterocycles. The van der Waals surface area contributed by atoms with Crippen molar-refractivity contribution in [2.24, 2.45) is 7.05 Å². The minimum Gasteiger partial charge on any atom is -0.455 e. The summed E-state index contributed by atoms with van der Waals surface area (Å²) < 4.78 is 7.57. The highest BCUT2D eigenvalue weighted by Gasteiger charge is 2.02. The number of rotatable bonds is 1. The van der Waals surface area contributed by atoms with Gasteiger partial charge >= 0.3 is 0 Å². The van der Waals surface area contributed by atoms with Gasteiger partial charge in [-0.3, -0.25) is 0 Å². The summed E-state index contributed by atoms with van der Waals surface area (Å²) in [4.78, 5) is 0. The average Bonchev–Trinajstić information content (AvgIpc) is 2.55. The maximum atomic E-state index is 5.52. The van der Waals surface area contributed by atoms with Gasteiger partial charge in [0.2, 0.25) is 0 Å². The van der Waals surface area contributed by atoms with Crippen molar-refractivity contribution in [3.8, 4) is 0 Å². The highest BCUT2D eigenvalue weighted by Crippen LogP contribution is 2.20. The second-order valence-electron chi connectivity index (χ2n) is 2.82. The van der Waals surface area contributed by atoms with Crippen LogP contribution in [-0.4, -0.2) is 4.57 Å². The molecule has 2 aromatic heterocycles. The highest BCUT2D eigenvalue weighted by molar-refractivity contribution is 5.77. The SMILES string of the molecule is C/C=C/c1cc2c(ccn2C)o1. The van der Waals surface area contributed by atoms with Gasteiger partial charge < -0.3 is 8.98 Å². The summed E-state index contributed by atoms with van der Waals surface area (Å²) in [6.07, 6.45) is 5.92. The lowest BCUT2D eigenvalue weighted by atomic mass is 10.4. The molecule has 0 amide bonds. The normalized spacial score (nSPS) is 11.8. The lowest BCUT2D eigenvalue weighted by Crippen LogP contribution is -1.79. The Bertz CT molecular complexity index is 420. The Morgan fingerprint density at radius 1 is 1.50 bits per heavy atom. The molecule has 12 heavy (non-hydrogen) atoms. The van der Waals surface area contributed by atoms with Crippen LogP contribution >= 0.6 is 0 Å². The molecule has 0 fully saturated rings. The maximum Gasteiger partial charge on any atom is 0.152 e. The van der Waals surface area contributed by atoms with E-state index in [0.29, 0.717) is 0 Å². The number of aromatic nitrogens is 1. The van der Waals surface area contributed by atoms with Gasteiger partial charge in [0.15, 0.2) is 5.58 Å².